The van der Waals surface area contributed by atoms with E-state index in [0.29, 0.717) is 5.69 Å². The van der Waals surface area contributed by atoms with Crippen LogP contribution in [0, 0.1) is 6.92 Å². The molecule has 0 fully saturated rings. The molecule has 0 unspecified atom stereocenters. The Hall–Kier alpha value is -3.86. The van der Waals surface area contributed by atoms with E-state index in [-0.39, 0.29) is 17.7 Å². The van der Waals surface area contributed by atoms with Gasteiger partial charge in [0.15, 0.2) is 0 Å². The summed E-state index contributed by atoms with van der Waals surface area (Å²) in [6, 6.07) is 24.5. The topological polar surface area (TPSA) is 69.2 Å². The maximum Gasteiger partial charge on any atom is 0.277 e. The first-order valence-electron chi connectivity index (χ1n) is 9.46. The van der Waals surface area contributed by atoms with Crippen LogP contribution in [0.1, 0.15) is 33.2 Å². The van der Waals surface area contributed by atoms with Crippen LogP contribution >= 0.6 is 0 Å². The fourth-order valence-electron chi connectivity index (χ4n) is 3.91. The molecule has 1 aliphatic heterocycles. The number of hydrogen-bond donors (Lipinski definition) is 2. The number of H-pyrrole nitrogens is 1. The number of benzene rings is 3. The molecule has 29 heavy (non-hydrogen) atoms. The highest BCUT2D eigenvalue weighted by Crippen LogP contribution is 2.45. The molecule has 1 aliphatic rings. The standard InChI is InChI=1S/C24H19N3O2/c1-15-7-9-16(10-8-15)21-20-22(26-25-21)24(29)27(18-11-13-19(28)14-12-18)23(20)17-5-3-2-4-6-17/h2-14,23,28H,1H3,(H,25,26)/t23-/m1/s1. The lowest BCUT2D eigenvalue weighted by Gasteiger charge is -2.26. The van der Waals surface area contributed by atoms with E-state index in [1.165, 1.54) is 5.56 Å². The van der Waals surface area contributed by atoms with Gasteiger partial charge in [-0.15, -0.1) is 0 Å². The minimum absolute atomic E-state index is 0.134. The first-order valence-corrected chi connectivity index (χ1v) is 9.46. The van der Waals surface area contributed by atoms with Gasteiger partial charge >= 0.3 is 0 Å². The minimum Gasteiger partial charge on any atom is -0.508 e. The third-order valence-electron chi connectivity index (χ3n) is 5.34. The molecule has 0 saturated carbocycles. The average molecular weight is 381 g/mol. The Morgan fingerprint density at radius 1 is 0.931 bits per heavy atom. The first-order chi connectivity index (χ1) is 14.1. The normalized spacial score (nSPS) is 15.6. The van der Waals surface area contributed by atoms with Gasteiger partial charge in [-0.2, -0.15) is 5.10 Å². The van der Waals surface area contributed by atoms with Crippen LogP contribution in [-0.4, -0.2) is 21.2 Å². The van der Waals surface area contributed by atoms with Gasteiger partial charge in [0.1, 0.15) is 11.4 Å². The maximum absolute atomic E-state index is 13.4. The minimum atomic E-state index is -0.307. The van der Waals surface area contributed by atoms with Crippen LogP contribution in [0.15, 0.2) is 78.9 Å². The lowest BCUT2D eigenvalue weighted by Crippen LogP contribution is -2.29. The van der Waals surface area contributed by atoms with Crippen LogP contribution in [0.2, 0.25) is 0 Å². The molecule has 142 valence electrons. The number of nitrogens with zero attached hydrogens (tertiary/aromatic N) is 2. The van der Waals surface area contributed by atoms with E-state index in [1.807, 2.05) is 61.5 Å². The molecular weight excluding hydrogens is 362 g/mol. The number of nitrogens with one attached hydrogen (secondary N) is 1. The van der Waals surface area contributed by atoms with Crippen molar-refractivity contribution in [3.63, 3.8) is 0 Å². The van der Waals surface area contributed by atoms with Gasteiger partial charge in [-0.3, -0.25) is 14.8 Å². The third-order valence-corrected chi connectivity index (χ3v) is 5.34. The summed E-state index contributed by atoms with van der Waals surface area (Å²) >= 11 is 0. The van der Waals surface area contributed by atoms with Gasteiger partial charge in [-0.05, 0) is 36.8 Å². The second-order valence-electron chi connectivity index (χ2n) is 7.23. The number of rotatable bonds is 3. The van der Waals surface area contributed by atoms with Gasteiger partial charge in [-0.25, -0.2) is 0 Å². The van der Waals surface area contributed by atoms with E-state index in [0.717, 1.165) is 28.1 Å². The van der Waals surface area contributed by atoms with Crippen LogP contribution in [0.3, 0.4) is 0 Å². The van der Waals surface area contributed by atoms with Crippen LogP contribution < -0.4 is 4.90 Å². The van der Waals surface area contributed by atoms with Crippen molar-refractivity contribution in [3.8, 4) is 17.0 Å². The largest absolute Gasteiger partial charge is 0.508 e. The van der Waals surface area contributed by atoms with Crippen LogP contribution in [0.4, 0.5) is 5.69 Å². The zero-order valence-electron chi connectivity index (χ0n) is 15.8. The van der Waals surface area contributed by atoms with Gasteiger partial charge in [0, 0.05) is 16.8 Å². The summed E-state index contributed by atoms with van der Waals surface area (Å²) in [7, 11) is 0. The van der Waals surface area contributed by atoms with Gasteiger partial charge in [0.25, 0.3) is 5.91 Å². The number of fused-ring (bicyclic) bond motifs is 1. The highest BCUT2D eigenvalue weighted by atomic mass is 16.3. The summed E-state index contributed by atoms with van der Waals surface area (Å²) in [4.78, 5) is 15.1. The predicted octanol–water partition coefficient (Wildman–Crippen LogP) is 4.84. The maximum atomic E-state index is 13.4. The van der Waals surface area contributed by atoms with Crippen molar-refractivity contribution in [2.45, 2.75) is 13.0 Å². The second kappa shape index (κ2) is 6.63. The number of phenolic OH excluding ortho intramolecular Hbond substituents is 1. The van der Waals surface area contributed by atoms with Crippen LogP contribution in [-0.2, 0) is 0 Å². The summed E-state index contributed by atoms with van der Waals surface area (Å²) in [6.07, 6.45) is 0. The number of phenols is 1. The molecule has 3 aromatic carbocycles. The number of carbonyl (C=O) groups is 1. The first kappa shape index (κ1) is 17.3. The molecule has 2 N–H and O–H groups in total. The van der Waals surface area contributed by atoms with Crippen molar-refractivity contribution in [1.82, 2.24) is 10.2 Å². The molecule has 2 heterocycles. The number of amides is 1. The SMILES string of the molecule is Cc1ccc(-c2n[nH]c3c2[C@@H](c2ccccc2)N(c2ccc(O)cc2)C3=O)cc1. The smallest absolute Gasteiger partial charge is 0.277 e. The van der Waals surface area contributed by atoms with E-state index < -0.39 is 0 Å². The molecule has 5 nitrogen and oxygen atoms in total. The molecule has 0 spiro atoms. The van der Waals surface area contributed by atoms with E-state index in [4.69, 9.17) is 0 Å². The average Bonchev–Trinajstić information content (AvgIpc) is 3.29. The number of aromatic amines is 1. The Balaban J connectivity index is 1.71. The Morgan fingerprint density at radius 2 is 1.62 bits per heavy atom. The monoisotopic (exact) mass is 381 g/mol. The second-order valence-corrected chi connectivity index (χ2v) is 7.23. The molecule has 1 atom stereocenters. The highest BCUT2D eigenvalue weighted by Gasteiger charge is 2.42. The van der Waals surface area contributed by atoms with Gasteiger partial charge in [-0.1, -0.05) is 60.2 Å². The predicted molar refractivity (Wildman–Crippen MR) is 112 cm³/mol. The molecule has 0 aliphatic carbocycles. The Labute approximate surface area is 168 Å². The van der Waals surface area contributed by atoms with E-state index in [1.54, 1.807) is 29.2 Å². The Bertz CT molecular complexity index is 1180. The lowest BCUT2D eigenvalue weighted by atomic mass is 9.95. The van der Waals surface area contributed by atoms with Crippen molar-refractivity contribution in [1.29, 1.82) is 0 Å². The molecule has 5 heteroatoms. The zero-order chi connectivity index (χ0) is 20.0. The van der Waals surface area contributed by atoms with Gasteiger partial charge in [0.2, 0.25) is 0 Å². The third kappa shape index (κ3) is 2.79. The van der Waals surface area contributed by atoms with Crippen molar-refractivity contribution in [2.24, 2.45) is 0 Å². The molecule has 0 saturated heterocycles. The highest BCUT2D eigenvalue weighted by molar-refractivity contribution is 6.11. The number of anilines is 1. The van der Waals surface area contributed by atoms with Gasteiger partial charge in [0.05, 0.1) is 11.7 Å². The zero-order valence-corrected chi connectivity index (χ0v) is 15.8. The molecule has 4 aromatic rings. The number of aryl methyl sites for hydroxylation is 1. The number of aromatic hydroxyl groups is 1. The van der Waals surface area contributed by atoms with Gasteiger partial charge < -0.3 is 5.11 Å². The van der Waals surface area contributed by atoms with E-state index in [9.17, 15) is 9.90 Å². The molecular formula is C24H19N3O2. The summed E-state index contributed by atoms with van der Waals surface area (Å²) in [6.45, 7) is 2.04. The van der Waals surface area contributed by atoms with E-state index >= 15 is 0 Å². The van der Waals surface area contributed by atoms with Crippen LogP contribution in [0.5, 0.6) is 5.75 Å². The number of hydrogen-bond acceptors (Lipinski definition) is 3. The van der Waals surface area contributed by atoms with Crippen molar-refractivity contribution < 1.29 is 9.90 Å². The molecule has 0 bridgehead atoms. The Morgan fingerprint density at radius 3 is 2.31 bits per heavy atom. The quantitative estimate of drug-likeness (QED) is 0.533. The summed E-state index contributed by atoms with van der Waals surface area (Å²) < 4.78 is 0. The molecule has 1 aromatic heterocycles. The fourth-order valence-corrected chi connectivity index (χ4v) is 3.91. The van der Waals surface area contributed by atoms with Crippen molar-refractivity contribution >= 4 is 11.6 Å². The summed E-state index contributed by atoms with van der Waals surface area (Å²) in [5.74, 6) is 0.0302. The molecule has 1 amide bonds. The lowest BCUT2D eigenvalue weighted by molar-refractivity contribution is 0.0988. The van der Waals surface area contributed by atoms with E-state index in [2.05, 4.69) is 10.2 Å². The summed E-state index contributed by atoms with van der Waals surface area (Å²) in [5, 5.41) is 17.1. The number of carbonyl (C=O) groups excluding carboxylic acids is 1. The van der Waals surface area contributed by atoms with Crippen molar-refractivity contribution in [2.75, 3.05) is 4.90 Å². The molecule has 0 radical (unpaired) electrons. The fraction of sp³-hybridized carbons (Fsp3) is 0.0833. The van der Waals surface area contributed by atoms with Crippen LogP contribution in [0.25, 0.3) is 11.3 Å². The van der Waals surface area contributed by atoms with Crippen molar-refractivity contribution in [3.05, 3.63) is 101 Å². The Kier molecular flexibility index (Phi) is 3.95. The molecule has 5 rings (SSSR count). The number of aromatic nitrogens is 2. The summed E-state index contributed by atoms with van der Waals surface area (Å²) in [5.41, 5.74) is 6.02.